The smallest absolute Gasteiger partial charge is 0.253 e. The van der Waals surface area contributed by atoms with Gasteiger partial charge in [0.1, 0.15) is 6.04 Å². The number of carbonyl (C=O) groups excluding carboxylic acids is 2. The molecule has 0 bridgehead atoms. The summed E-state index contributed by atoms with van der Waals surface area (Å²) in [7, 11) is 0. The third-order valence-electron chi connectivity index (χ3n) is 5.80. The Bertz CT molecular complexity index is 950. The van der Waals surface area contributed by atoms with Crippen molar-refractivity contribution in [2.45, 2.75) is 18.5 Å². The van der Waals surface area contributed by atoms with Crippen molar-refractivity contribution in [1.82, 2.24) is 10.0 Å². The molecule has 134 valence electrons. The van der Waals surface area contributed by atoms with Crippen molar-refractivity contribution in [3.05, 3.63) is 65.7 Å². The van der Waals surface area contributed by atoms with Crippen LogP contribution in [0.4, 0.5) is 5.69 Å². The number of hydrogen-bond donors (Lipinski definition) is 0. The summed E-state index contributed by atoms with van der Waals surface area (Å²) >= 11 is 0. The average molecular weight is 358 g/mol. The number of hydrazine groups is 1. The first kappa shape index (κ1) is 16.2. The van der Waals surface area contributed by atoms with Gasteiger partial charge >= 0.3 is 0 Å². The molecule has 27 heavy (non-hydrogen) atoms. The van der Waals surface area contributed by atoms with Gasteiger partial charge in [0.05, 0.1) is 29.3 Å². The molecule has 3 unspecified atom stereocenters. The number of carbonyl (C=O) groups is 2. The van der Waals surface area contributed by atoms with Crippen molar-refractivity contribution in [3.63, 3.8) is 0 Å². The van der Waals surface area contributed by atoms with Gasteiger partial charge in [-0.15, -0.1) is 0 Å². The number of rotatable bonds is 2. The lowest BCUT2D eigenvalue weighted by Gasteiger charge is -2.29. The molecule has 6 nitrogen and oxygen atoms in total. The quantitative estimate of drug-likeness (QED) is 0.769. The largest absolute Gasteiger partial charge is 0.274 e. The molecule has 0 aliphatic carbocycles. The van der Waals surface area contributed by atoms with Crippen LogP contribution in [0, 0.1) is 17.2 Å². The van der Waals surface area contributed by atoms with Gasteiger partial charge in [-0.25, -0.2) is 14.9 Å². The first-order chi connectivity index (χ1) is 13.2. The van der Waals surface area contributed by atoms with E-state index in [1.807, 2.05) is 30.3 Å². The van der Waals surface area contributed by atoms with E-state index < -0.39 is 12.0 Å². The number of amides is 2. The molecule has 2 aromatic carbocycles. The van der Waals surface area contributed by atoms with Crippen molar-refractivity contribution in [2.24, 2.45) is 5.92 Å². The lowest BCUT2D eigenvalue weighted by Crippen LogP contribution is -2.44. The molecule has 0 spiro atoms. The van der Waals surface area contributed by atoms with E-state index in [9.17, 15) is 9.59 Å². The number of anilines is 1. The van der Waals surface area contributed by atoms with E-state index >= 15 is 0 Å². The van der Waals surface area contributed by atoms with Crippen LogP contribution in [0.15, 0.2) is 54.6 Å². The maximum Gasteiger partial charge on any atom is 0.253 e. The van der Waals surface area contributed by atoms with Crippen molar-refractivity contribution in [1.29, 1.82) is 5.26 Å². The summed E-state index contributed by atoms with van der Waals surface area (Å²) in [4.78, 5) is 27.9. The van der Waals surface area contributed by atoms with Gasteiger partial charge in [0.25, 0.3) is 5.91 Å². The SMILES string of the molecule is N#Cc1ccc(N2C(=O)C3C(C2=O)N2CCCN2C3c2ccccc2)cc1. The molecule has 3 atom stereocenters. The maximum absolute atomic E-state index is 13.4. The minimum atomic E-state index is -0.444. The zero-order valence-electron chi connectivity index (χ0n) is 14.7. The molecule has 0 N–H and O–H groups in total. The second-order valence-corrected chi connectivity index (χ2v) is 7.18. The average Bonchev–Trinajstić information content (AvgIpc) is 3.35. The molecule has 3 aliphatic heterocycles. The van der Waals surface area contributed by atoms with Gasteiger partial charge < -0.3 is 0 Å². The Balaban J connectivity index is 1.57. The molecule has 2 amide bonds. The second kappa shape index (κ2) is 6.02. The topological polar surface area (TPSA) is 67.6 Å². The fourth-order valence-corrected chi connectivity index (χ4v) is 4.70. The van der Waals surface area contributed by atoms with Crippen LogP contribution in [0.2, 0.25) is 0 Å². The summed E-state index contributed by atoms with van der Waals surface area (Å²) in [5.41, 5.74) is 2.11. The number of imide groups is 1. The summed E-state index contributed by atoms with van der Waals surface area (Å²) in [5.74, 6) is -0.728. The summed E-state index contributed by atoms with van der Waals surface area (Å²) in [6, 6.07) is 18.1. The van der Waals surface area contributed by atoms with Gasteiger partial charge in [0, 0.05) is 13.1 Å². The molecule has 2 aromatic rings. The van der Waals surface area contributed by atoms with Crippen LogP contribution >= 0.6 is 0 Å². The highest BCUT2D eigenvalue weighted by atomic mass is 16.2. The van der Waals surface area contributed by atoms with E-state index in [4.69, 9.17) is 5.26 Å². The van der Waals surface area contributed by atoms with Crippen molar-refractivity contribution >= 4 is 17.5 Å². The molecule has 3 saturated heterocycles. The zero-order chi connectivity index (χ0) is 18.5. The molecule has 3 fully saturated rings. The van der Waals surface area contributed by atoms with Crippen LogP contribution < -0.4 is 4.90 Å². The van der Waals surface area contributed by atoms with E-state index in [0.29, 0.717) is 11.3 Å². The summed E-state index contributed by atoms with van der Waals surface area (Å²) in [6.45, 7) is 1.66. The van der Waals surface area contributed by atoms with Crippen molar-refractivity contribution in [2.75, 3.05) is 18.0 Å². The van der Waals surface area contributed by atoms with Gasteiger partial charge in [-0.1, -0.05) is 30.3 Å². The Morgan fingerprint density at radius 3 is 2.19 bits per heavy atom. The van der Waals surface area contributed by atoms with E-state index in [0.717, 1.165) is 25.1 Å². The molecule has 6 heteroatoms. The highest BCUT2D eigenvalue weighted by Gasteiger charge is 2.62. The lowest BCUT2D eigenvalue weighted by molar-refractivity contribution is -0.126. The summed E-state index contributed by atoms with van der Waals surface area (Å²) < 4.78 is 0. The number of nitrogens with zero attached hydrogens (tertiary/aromatic N) is 4. The highest BCUT2D eigenvalue weighted by Crippen LogP contribution is 2.48. The van der Waals surface area contributed by atoms with Crippen LogP contribution in [0.25, 0.3) is 0 Å². The zero-order valence-corrected chi connectivity index (χ0v) is 14.7. The maximum atomic E-state index is 13.4. The Morgan fingerprint density at radius 2 is 1.52 bits per heavy atom. The molecule has 0 radical (unpaired) electrons. The Hall–Kier alpha value is -3.01. The Kier molecular flexibility index (Phi) is 3.61. The normalized spacial score (nSPS) is 27.7. The standard InChI is InChI=1S/C21H18N4O2/c22-13-14-7-9-16(10-8-14)25-20(26)17-18(15-5-2-1-3-6-15)23-11-4-12-24(23)19(17)21(25)27/h1-3,5-10,17-19H,4,11-12H2. The molecule has 3 aliphatic rings. The van der Waals surface area contributed by atoms with E-state index in [1.165, 1.54) is 4.90 Å². The minimum absolute atomic E-state index is 0.112. The molecule has 5 rings (SSSR count). The van der Waals surface area contributed by atoms with E-state index in [-0.39, 0.29) is 17.9 Å². The monoisotopic (exact) mass is 358 g/mol. The molecule has 0 aromatic heterocycles. The van der Waals surface area contributed by atoms with Crippen LogP contribution in [0.3, 0.4) is 0 Å². The van der Waals surface area contributed by atoms with E-state index in [2.05, 4.69) is 16.1 Å². The lowest BCUT2D eigenvalue weighted by atomic mass is 9.90. The van der Waals surface area contributed by atoms with Gasteiger partial charge in [0.15, 0.2) is 0 Å². The molecule has 3 heterocycles. The molecule has 0 saturated carbocycles. The van der Waals surface area contributed by atoms with Crippen LogP contribution in [-0.4, -0.2) is 41.0 Å². The second-order valence-electron chi connectivity index (χ2n) is 7.18. The van der Waals surface area contributed by atoms with Gasteiger partial charge in [-0.05, 0) is 36.2 Å². The third-order valence-corrected chi connectivity index (χ3v) is 5.80. The molecular weight excluding hydrogens is 340 g/mol. The third kappa shape index (κ3) is 2.26. The van der Waals surface area contributed by atoms with Gasteiger partial charge in [-0.2, -0.15) is 5.26 Å². The summed E-state index contributed by atoms with van der Waals surface area (Å²) in [6.07, 6.45) is 0.991. The highest BCUT2D eigenvalue weighted by molar-refractivity contribution is 6.24. The minimum Gasteiger partial charge on any atom is -0.274 e. The number of fused-ring (bicyclic) bond motifs is 3. The van der Waals surface area contributed by atoms with Gasteiger partial charge in [-0.3, -0.25) is 9.59 Å². The van der Waals surface area contributed by atoms with Crippen LogP contribution in [0.5, 0.6) is 0 Å². The van der Waals surface area contributed by atoms with Crippen LogP contribution in [-0.2, 0) is 9.59 Å². The molecular formula is C21H18N4O2. The summed E-state index contributed by atoms with van der Waals surface area (Å²) in [5, 5.41) is 13.3. The Labute approximate surface area is 157 Å². The fourth-order valence-electron chi connectivity index (χ4n) is 4.70. The van der Waals surface area contributed by atoms with Gasteiger partial charge in [0.2, 0.25) is 5.91 Å². The number of hydrogen-bond acceptors (Lipinski definition) is 5. The van der Waals surface area contributed by atoms with Crippen molar-refractivity contribution < 1.29 is 9.59 Å². The number of benzene rings is 2. The van der Waals surface area contributed by atoms with Crippen molar-refractivity contribution in [3.8, 4) is 6.07 Å². The first-order valence-corrected chi connectivity index (χ1v) is 9.17. The van der Waals surface area contributed by atoms with Crippen LogP contribution in [0.1, 0.15) is 23.6 Å². The fraction of sp³-hybridized carbons (Fsp3) is 0.286. The predicted molar refractivity (Wildman–Crippen MR) is 98.1 cm³/mol. The van der Waals surface area contributed by atoms with E-state index in [1.54, 1.807) is 24.3 Å². The first-order valence-electron chi connectivity index (χ1n) is 9.17. The number of nitriles is 1. The predicted octanol–water partition coefficient (Wildman–Crippen LogP) is 2.09. The Morgan fingerprint density at radius 1 is 0.852 bits per heavy atom.